The summed E-state index contributed by atoms with van der Waals surface area (Å²) in [5.74, 6) is -0.112. The number of hydrogen-bond donors (Lipinski definition) is 2. The number of amides is 2. The molecule has 1 saturated carbocycles. The molecule has 25 heavy (non-hydrogen) atoms. The number of thioether (sulfide) groups is 1. The Bertz CT molecular complexity index is 831. The van der Waals surface area contributed by atoms with Crippen molar-refractivity contribution < 1.29 is 9.59 Å². The predicted molar refractivity (Wildman–Crippen MR) is 100 cm³/mol. The third-order valence-corrected chi connectivity index (χ3v) is 6.18. The summed E-state index contributed by atoms with van der Waals surface area (Å²) in [6.45, 7) is 2.52. The van der Waals surface area contributed by atoms with Crippen molar-refractivity contribution in [3.05, 3.63) is 59.7 Å². The van der Waals surface area contributed by atoms with Crippen molar-refractivity contribution in [3.8, 4) is 0 Å². The van der Waals surface area contributed by atoms with E-state index in [9.17, 15) is 9.59 Å². The maximum absolute atomic E-state index is 12.6. The maximum Gasteiger partial charge on any atom is 0.251 e. The second kappa shape index (κ2) is 6.23. The molecule has 1 aliphatic heterocycles. The van der Waals surface area contributed by atoms with Crippen LogP contribution >= 0.6 is 11.8 Å². The molecule has 4 nitrogen and oxygen atoms in total. The topological polar surface area (TPSA) is 58.2 Å². The Morgan fingerprint density at radius 3 is 2.72 bits per heavy atom. The van der Waals surface area contributed by atoms with Gasteiger partial charge in [0.25, 0.3) is 5.91 Å². The molecule has 4 rings (SSSR count). The highest BCUT2D eigenvalue weighted by Crippen LogP contribution is 2.47. The molecule has 1 aliphatic carbocycles. The van der Waals surface area contributed by atoms with Crippen LogP contribution in [-0.4, -0.2) is 23.6 Å². The van der Waals surface area contributed by atoms with Crippen molar-refractivity contribution in [1.82, 2.24) is 5.32 Å². The van der Waals surface area contributed by atoms with E-state index in [2.05, 4.69) is 22.8 Å². The molecule has 2 aromatic carbocycles. The molecule has 1 unspecified atom stereocenters. The fraction of sp³-hybridized carbons (Fsp3) is 0.300. The van der Waals surface area contributed by atoms with Gasteiger partial charge in [-0.25, -0.2) is 0 Å². The van der Waals surface area contributed by atoms with E-state index in [1.165, 1.54) is 17.3 Å². The van der Waals surface area contributed by atoms with Gasteiger partial charge in [0.2, 0.25) is 5.91 Å². The first-order chi connectivity index (χ1) is 12.1. The van der Waals surface area contributed by atoms with E-state index in [1.54, 1.807) is 6.07 Å². The first-order valence-electron chi connectivity index (χ1n) is 8.53. The van der Waals surface area contributed by atoms with Gasteiger partial charge in [-0.1, -0.05) is 30.3 Å². The molecule has 0 saturated heterocycles. The van der Waals surface area contributed by atoms with E-state index in [0.29, 0.717) is 12.1 Å². The largest absolute Gasteiger partial charge is 0.351 e. The summed E-state index contributed by atoms with van der Waals surface area (Å²) in [6, 6.07) is 15.9. The molecule has 1 atom stereocenters. The Kier molecular flexibility index (Phi) is 4.04. The standard InChI is InChI=1S/C20H20N2O2S/c1-13-18(23)22-16-11-14(7-8-17(16)25-13)19(24)21-12-20(9-10-20)15-5-3-2-4-6-15/h2-8,11,13H,9-10,12H2,1H3,(H,21,24)(H,22,23). The summed E-state index contributed by atoms with van der Waals surface area (Å²) in [6.07, 6.45) is 2.21. The van der Waals surface area contributed by atoms with Crippen molar-refractivity contribution in [1.29, 1.82) is 0 Å². The molecular weight excluding hydrogens is 332 g/mol. The SMILES string of the molecule is CC1Sc2ccc(C(=O)NCC3(c4ccccc4)CC3)cc2NC1=O. The molecule has 1 fully saturated rings. The van der Waals surface area contributed by atoms with Crippen LogP contribution in [0.4, 0.5) is 5.69 Å². The fourth-order valence-electron chi connectivity index (χ4n) is 3.21. The number of rotatable bonds is 4. The van der Waals surface area contributed by atoms with Crippen LogP contribution in [0.2, 0.25) is 0 Å². The number of fused-ring (bicyclic) bond motifs is 1. The van der Waals surface area contributed by atoms with E-state index >= 15 is 0 Å². The van der Waals surface area contributed by atoms with Crippen LogP contribution in [0.25, 0.3) is 0 Å². The number of anilines is 1. The lowest BCUT2D eigenvalue weighted by atomic mass is 9.96. The van der Waals surface area contributed by atoms with Crippen LogP contribution in [0.5, 0.6) is 0 Å². The van der Waals surface area contributed by atoms with Crippen LogP contribution < -0.4 is 10.6 Å². The number of carbonyl (C=O) groups excluding carboxylic acids is 2. The van der Waals surface area contributed by atoms with Gasteiger partial charge < -0.3 is 10.6 Å². The second-order valence-corrected chi connectivity index (χ2v) is 8.17. The Balaban J connectivity index is 1.46. The van der Waals surface area contributed by atoms with Gasteiger partial charge in [0.1, 0.15) is 0 Å². The van der Waals surface area contributed by atoms with E-state index in [-0.39, 0.29) is 22.5 Å². The molecule has 5 heteroatoms. The van der Waals surface area contributed by atoms with Crippen molar-refractivity contribution in [2.75, 3.05) is 11.9 Å². The molecular formula is C20H20N2O2S. The van der Waals surface area contributed by atoms with Crippen molar-refractivity contribution in [2.45, 2.75) is 35.3 Å². The monoisotopic (exact) mass is 352 g/mol. The number of carbonyl (C=O) groups is 2. The summed E-state index contributed by atoms with van der Waals surface area (Å²) >= 11 is 1.52. The van der Waals surface area contributed by atoms with Gasteiger partial charge >= 0.3 is 0 Å². The Morgan fingerprint density at radius 1 is 1.24 bits per heavy atom. The van der Waals surface area contributed by atoms with Gasteiger partial charge in [-0.2, -0.15) is 0 Å². The molecule has 2 aliphatic rings. The molecule has 2 N–H and O–H groups in total. The van der Waals surface area contributed by atoms with E-state index in [0.717, 1.165) is 23.4 Å². The molecule has 0 spiro atoms. The normalized spacial score (nSPS) is 20.4. The highest BCUT2D eigenvalue weighted by molar-refractivity contribution is 8.00. The predicted octanol–water partition coefficient (Wildman–Crippen LogP) is 3.58. The highest BCUT2D eigenvalue weighted by Gasteiger charge is 2.44. The van der Waals surface area contributed by atoms with Crippen LogP contribution in [0.1, 0.15) is 35.7 Å². The van der Waals surface area contributed by atoms with Crippen LogP contribution in [-0.2, 0) is 10.2 Å². The molecule has 2 aromatic rings. The first kappa shape index (κ1) is 16.2. The third-order valence-electron chi connectivity index (χ3n) is 5.00. The summed E-state index contributed by atoms with van der Waals surface area (Å²) < 4.78 is 0. The molecule has 0 bridgehead atoms. The molecule has 1 heterocycles. The van der Waals surface area contributed by atoms with Gasteiger partial charge in [0.05, 0.1) is 10.9 Å². The molecule has 0 aromatic heterocycles. The zero-order chi connectivity index (χ0) is 17.4. The van der Waals surface area contributed by atoms with Crippen LogP contribution in [0, 0.1) is 0 Å². The Hall–Kier alpha value is -2.27. The van der Waals surface area contributed by atoms with E-state index < -0.39 is 0 Å². The van der Waals surface area contributed by atoms with Gasteiger partial charge in [0.15, 0.2) is 0 Å². The minimum absolute atomic E-state index is 0.0175. The lowest BCUT2D eigenvalue weighted by Gasteiger charge is -2.22. The first-order valence-corrected chi connectivity index (χ1v) is 9.41. The van der Waals surface area contributed by atoms with Crippen molar-refractivity contribution >= 4 is 29.3 Å². The zero-order valence-corrected chi connectivity index (χ0v) is 14.9. The average Bonchev–Trinajstić information content (AvgIpc) is 3.42. The zero-order valence-electron chi connectivity index (χ0n) is 14.0. The van der Waals surface area contributed by atoms with E-state index in [1.807, 2.05) is 37.3 Å². The summed E-state index contributed by atoms with van der Waals surface area (Å²) in [5, 5.41) is 5.84. The van der Waals surface area contributed by atoms with Crippen LogP contribution in [0.3, 0.4) is 0 Å². The minimum Gasteiger partial charge on any atom is -0.351 e. The van der Waals surface area contributed by atoms with Gasteiger partial charge in [0, 0.05) is 22.4 Å². The lowest BCUT2D eigenvalue weighted by Crippen LogP contribution is -2.32. The average molecular weight is 352 g/mol. The number of hydrogen-bond acceptors (Lipinski definition) is 3. The van der Waals surface area contributed by atoms with Gasteiger partial charge in [-0.3, -0.25) is 9.59 Å². The van der Waals surface area contributed by atoms with Gasteiger partial charge in [-0.05, 0) is 43.5 Å². The smallest absolute Gasteiger partial charge is 0.251 e. The summed E-state index contributed by atoms with van der Waals surface area (Å²) in [4.78, 5) is 25.4. The van der Waals surface area contributed by atoms with Crippen molar-refractivity contribution in [2.24, 2.45) is 0 Å². The fourth-order valence-corrected chi connectivity index (χ4v) is 4.14. The third kappa shape index (κ3) is 3.16. The highest BCUT2D eigenvalue weighted by atomic mass is 32.2. The second-order valence-electron chi connectivity index (χ2n) is 6.79. The summed E-state index contributed by atoms with van der Waals surface area (Å²) in [5.41, 5.74) is 2.69. The van der Waals surface area contributed by atoms with Crippen LogP contribution in [0.15, 0.2) is 53.4 Å². The Morgan fingerprint density at radius 2 is 2.00 bits per heavy atom. The minimum atomic E-state index is -0.104. The van der Waals surface area contributed by atoms with E-state index in [4.69, 9.17) is 0 Å². The molecule has 0 radical (unpaired) electrons. The number of nitrogens with one attached hydrogen (secondary N) is 2. The van der Waals surface area contributed by atoms with Gasteiger partial charge in [-0.15, -0.1) is 11.8 Å². The molecule has 128 valence electrons. The van der Waals surface area contributed by atoms with Crippen molar-refractivity contribution in [3.63, 3.8) is 0 Å². The Labute approximate surface area is 151 Å². The summed E-state index contributed by atoms with van der Waals surface area (Å²) in [7, 11) is 0. The lowest BCUT2D eigenvalue weighted by molar-refractivity contribution is -0.115. The maximum atomic E-state index is 12.6. The molecule has 2 amide bonds. The quantitative estimate of drug-likeness (QED) is 0.884. The number of benzene rings is 2.